The first-order chi connectivity index (χ1) is 9.97. The van der Waals surface area contributed by atoms with Gasteiger partial charge in [0.15, 0.2) is 0 Å². The first-order valence-electron chi connectivity index (χ1n) is 6.91. The van der Waals surface area contributed by atoms with Gasteiger partial charge in [0.1, 0.15) is 0 Å². The monoisotopic (exact) mass is 292 g/mol. The Bertz CT molecular complexity index is 515. The van der Waals surface area contributed by atoms with Gasteiger partial charge >= 0.3 is 12.0 Å². The minimum Gasteiger partial charge on any atom is -0.478 e. The number of aromatic carboxylic acids is 1. The molecule has 2 amide bonds. The standard InChI is InChI=1S/C15H20N2O4/c1-11-9-17(7-8-21-11)15(20)16(2)10-12-3-5-13(6-4-12)14(18)19/h3-6,11H,7-10H2,1-2H3,(H,18,19). The van der Waals surface area contributed by atoms with Crippen LogP contribution in [-0.2, 0) is 11.3 Å². The van der Waals surface area contributed by atoms with Gasteiger partial charge in [-0.15, -0.1) is 0 Å². The molecule has 1 aromatic rings. The number of hydrogen-bond acceptors (Lipinski definition) is 3. The van der Waals surface area contributed by atoms with Crippen LogP contribution in [0.2, 0.25) is 0 Å². The maximum atomic E-state index is 12.3. The average molecular weight is 292 g/mol. The van der Waals surface area contributed by atoms with Gasteiger partial charge in [-0.3, -0.25) is 0 Å². The van der Waals surface area contributed by atoms with Crippen LogP contribution in [0.1, 0.15) is 22.8 Å². The zero-order valence-electron chi connectivity index (χ0n) is 12.3. The van der Waals surface area contributed by atoms with E-state index < -0.39 is 5.97 Å². The van der Waals surface area contributed by atoms with Gasteiger partial charge < -0.3 is 19.6 Å². The summed E-state index contributed by atoms with van der Waals surface area (Å²) in [6.07, 6.45) is 0.0611. The molecule has 2 rings (SSSR count). The summed E-state index contributed by atoms with van der Waals surface area (Å²) >= 11 is 0. The van der Waals surface area contributed by atoms with E-state index in [9.17, 15) is 9.59 Å². The molecule has 114 valence electrons. The molecule has 1 aromatic carbocycles. The van der Waals surface area contributed by atoms with Crippen LogP contribution < -0.4 is 0 Å². The second-order valence-electron chi connectivity index (χ2n) is 5.27. The largest absolute Gasteiger partial charge is 0.478 e. The summed E-state index contributed by atoms with van der Waals surface area (Å²) in [5.74, 6) is -0.951. The number of benzene rings is 1. The molecule has 0 saturated carbocycles. The van der Waals surface area contributed by atoms with Crippen LogP contribution in [0, 0.1) is 0 Å². The van der Waals surface area contributed by atoms with Crippen LogP contribution in [0.25, 0.3) is 0 Å². The third kappa shape index (κ3) is 3.95. The number of carbonyl (C=O) groups excluding carboxylic acids is 1. The summed E-state index contributed by atoms with van der Waals surface area (Å²) in [7, 11) is 1.74. The zero-order chi connectivity index (χ0) is 15.4. The highest BCUT2D eigenvalue weighted by molar-refractivity contribution is 5.87. The minimum absolute atomic E-state index is 0.0348. The van der Waals surface area contributed by atoms with E-state index >= 15 is 0 Å². The van der Waals surface area contributed by atoms with Crippen molar-refractivity contribution in [2.45, 2.75) is 19.6 Å². The van der Waals surface area contributed by atoms with Crippen molar-refractivity contribution in [3.05, 3.63) is 35.4 Å². The fourth-order valence-electron chi connectivity index (χ4n) is 2.33. The Kier molecular flexibility index (Phi) is 4.80. The first kappa shape index (κ1) is 15.3. The quantitative estimate of drug-likeness (QED) is 0.919. The number of carbonyl (C=O) groups is 2. The lowest BCUT2D eigenvalue weighted by molar-refractivity contribution is -0.00839. The van der Waals surface area contributed by atoms with Gasteiger partial charge in [-0.2, -0.15) is 0 Å². The molecule has 1 N–H and O–H groups in total. The van der Waals surface area contributed by atoms with Gasteiger partial charge in [-0.05, 0) is 24.6 Å². The topological polar surface area (TPSA) is 70.1 Å². The normalized spacial score (nSPS) is 18.4. The van der Waals surface area contributed by atoms with Gasteiger partial charge in [0.25, 0.3) is 0 Å². The number of amides is 2. The van der Waals surface area contributed by atoms with Gasteiger partial charge in [0.2, 0.25) is 0 Å². The molecule has 0 bridgehead atoms. The molecular formula is C15H20N2O4. The van der Waals surface area contributed by atoms with Crippen molar-refractivity contribution in [2.75, 3.05) is 26.7 Å². The fraction of sp³-hybridized carbons (Fsp3) is 0.467. The van der Waals surface area contributed by atoms with E-state index in [1.807, 2.05) is 6.92 Å². The average Bonchev–Trinajstić information content (AvgIpc) is 2.47. The molecule has 21 heavy (non-hydrogen) atoms. The smallest absolute Gasteiger partial charge is 0.335 e. The zero-order valence-corrected chi connectivity index (χ0v) is 12.3. The third-order valence-electron chi connectivity index (χ3n) is 3.46. The summed E-state index contributed by atoms with van der Waals surface area (Å²) in [6, 6.07) is 6.52. The SMILES string of the molecule is CC1CN(C(=O)N(C)Cc2ccc(C(=O)O)cc2)CCO1. The Morgan fingerprint density at radius 1 is 1.38 bits per heavy atom. The number of ether oxygens (including phenoxy) is 1. The number of carboxylic acid groups (broad SMARTS) is 1. The van der Waals surface area contributed by atoms with Crippen LogP contribution in [0.3, 0.4) is 0 Å². The maximum absolute atomic E-state index is 12.3. The molecule has 0 spiro atoms. The Hall–Kier alpha value is -2.08. The van der Waals surface area contributed by atoms with E-state index in [1.165, 1.54) is 0 Å². The number of morpholine rings is 1. The van der Waals surface area contributed by atoms with Crippen molar-refractivity contribution in [2.24, 2.45) is 0 Å². The van der Waals surface area contributed by atoms with Crippen molar-refractivity contribution >= 4 is 12.0 Å². The fourth-order valence-corrected chi connectivity index (χ4v) is 2.33. The molecule has 1 atom stereocenters. The summed E-state index contributed by atoms with van der Waals surface area (Å²) in [5, 5.41) is 8.86. The van der Waals surface area contributed by atoms with E-state index in [1.54, 1.807) is 41.1 Å². The van der Waals surface area contributed by atoms with Gasteiger partial charge in [0, 0.05) is 26.7 Å². The Morgan fingerprint density at radius 2 is 2.05 bits per heavy atom. The molecule has 1 aliphatic rings. The van der Waals surface area contributed by atoms with Crippen LogP contribution in [0.15, 0.2) is 24.3 Å². The van der Waals surface area contributed by atoms with Crippen LogP contribution >= 0.6 is 0 Å². The molecule has 0 aromatic heterocycles. The van der Waals surface area contributed by atoms with Gasteiger partial charge in [0.05, 0.1) is 18.3 Å². The van der Waals surface area contributed by atoms with Crippen LogP contribution in [0.5, 0.6) is 0 Å². The molecule has 1 saturated heterocycles. The van der Waals surface area contributed by atoms with Gasteiger partial charge in [-0.1, -0.05) is 12.1 Å². The van der Waals surface area contributed by atoms with Crippen molar-refractivity contribution in [1.82, 2.24) is 9.80 Å². The lowest BCUT2D eigenvalue weighted by Crippen LogP contribution is -2.49. The number of nitrogens with zero attached hydrogens (tertiary/aromatic N) is 2. The highest BCUT2D eigenvalue weighted by atomic mass is 16.5. The maximum Gasteiger partial charge on any atom is 0.335 e. The lowest BCUT2D eigenvalue weighted by atomic mass is 10.1. The van der Waals surface area contributed by atoms with Crippen molar-refractivity contribution in [1.29, 1.82) is 0 Å². The molecule has 6 nitrogen and oxygen atoms in total. The van der Waals surface area contributed by atoms with Crippen molar-refractivity contribution in [3.63, 3.8) is 0 Å². The van der Waals surface area contributed by atoms with E-state index in [0.29, 0.717) is 26.2 Å². The van der Waals surface area contributed by atoms with E-state index in [0.717, 1.165) is 5.56 Å². The molecule has 1 unspecified atom stereocenters. The van der Waals surface area contributed by atoms with Crippen molar-refractivity contribution < 1.29 is 19.4 Å². The molecule has 6 heteroatoms. The molecular weight excluding hydrogens is 272 g/mol. The predicted octanol–water partition coefficient (Wildman–Crippen LogP) is 1.66. The third-order valence-corrected chi connectivity index (χ3v) is 3.46. The van der Waals surface area contributed by atoms with E-state index in [4.69, 9.17) is 9.84 Å². The van der Waals surface area contributed by atoms with Gasteiger partial charge in [-0.25, -0.2) is 9.59 Å². The summed E-state index contributed by atoms with van der Waals surface area (Å²) in [4.78, 5) is 26.5. The van der Waals surface area contributed by atoms with Crippen LogP contribution in [0.4, 0.5) is 4.79 Å². The van der Waals surface area contributed by atoms with E-state index in [-0.39, 0.29) is 17.7 Å². The summed E-state index contributed by atoms with van der Waals surface area (Å²) in [5.41, 5.74) is 1.15. The minimum atomic E-state index is -0.951. The molecule has 0 radical (unpaired) electrons. The highest BCUT2D eigenvalue weighted by Crippen LogP contribution is 2.11. The number of hydrogen-bond donors (Lipinski definition) is 1. The molecule has 0 aliphatic carbocycles. The lowest BCUT2D eigenvalue weighted by Gasteiger charge is -2.34. The molecule has 1 aliphatic heterocycles. The Balaban J connectivity index is 1.95. The Morgan fingerprint density at radius 3 is 2.62 bits per heavy atom. The predicted molar refractivity (Wildman–Crippen MR) is 77.3 cm³/mol. The highest BCUT2D eigenvalue weighted by Gasteiger charge is 2.23. The first-order valence-corrected chi connectivity index (χ1v) is 6.91. The second kappa shape index (κ2) is 6.58. The Labute approximate surface area is 123 Å². The number of rotatable bonds is 3. The second-order valence-corrected chi connectivity index (χ2v) is 5.27. The van der Waals surface area contributed by atoms with E-state index in [2.05, 4.69) is 0 Å². The number of carboxylic acids is 1. The molecule has 1 heterocycles. The summed E-state index contributed by atoms with van der Waals surface area (Å²) in [6.45, 7) is 4.16. The summed E-state index contributed by atoms with van der Waals surface area (Å²) < 4.78 is 5.42. The van der Waals surface area contributed by atoms with Crippen molar-refractivity contribution in [3.8, 4) is 0 Å². The number of urea groups is 1. The molecule has 1 fully saturated rings. The van der Waals surface area contributed by atoms with Crippen LogP contribution in [-0.4, -0.2) is 59.8 Å².